The molecule has 3 rings (SSSR count). The summed E-state index contributed by atoms with van der Waals surface area (Å²) in [6, 6.07) is 6.89. The molecule has 1 aromatic heterocycles. The number of sulfonamides is 1. The standard InChI is InChI=1S/C21H27NO4S2/c1-5-26-20(23)18-16-8-6-7-9-17(16)27-19(18)22-28(24,25)15-12-10-14(11-13-15)21(2,3)4/h10-13,22H,5-9H2,1-4H3. The quantitative estimate of drug-likeness (QED) is 0.697. The predicted molar refractivity (Wildman–Crippen MR) is 113 cm³/mol. The van der Waals surface area contributed by atoms with Gasteiger partial charge in [-0.2, -0.15) is 0 Å². The Morgan fingerprint density at radius 2 is 1.79 bits per heavy atom. The first-order chi connectivity index (χ1) is 13.1. The third-order valence-corrected chi connectivity index (χ3v) is 7.61. The maximum atomic E-state index is 13.0. The minimum Gasteiger partial charge on any atom is -0.462 e. The number of rotatable bonds is 5. The lowest BCUT2D eigenvalue weighted by atomic mass is 9.87. The van der Waals surface area contributed by atoms with Gasteiger partial charge in [0.15, 0.2) is 0 Å². The molecule has 5 nitrogen and oxygen atoms in total. The van der Waals surface area contributed by atoms with Gasteiger partial charge in [0, 0.05) is 4.88 Å². The van der Waals surface area contributed by atoms with Crippen LogP contribution in [-0.2, 0) is 33.0 Å². The summed E-state index contributed by atoms with van der Waals surface area (Å²) in [5.41, 5.74) is 2.33. The largest absolute Gasteiger partial charge is 0.462 e. The smallest absolute Gasteiger partial charge is 0.341 e. The number of esters is 1. The van der Waals surface area contributed by atoms with Crippen molar-refractivity contribution in [3.63, 3.8) is 0 Å². The summed E-state index contributed by atoms with van der Waals surface area (Å²) in [5, 5.41) is 0.366. The van der Waals surface area contributed by atoms with Crippen molar-refractivity contribution in [3.8, 4) is 0 Å². The van der Waals surface area contributed by atoms with Gasteiger partial charge in [-0.15, -0.1) is 11.3 Å². The van der Waals surface area contributed by atoms with E-state index in [9.17, 15) is 13.2 Å². The molecular weight excluding hydrogens is 394 g/mol. The minimum absolute atomic E-state index is 0.0559. The van der Waals surface area contributed by atoms with Crippen LogP contribution in [0.25, 0.3) is 0 Å². The molecule has 1 aliphatic carbocycles. The zero-order chi connectivity index (χ0) is 20.5. The Labute approximate surface area is 171 Å². The Morgan fingerprint density at radius 3 is 2.39 bits per heavy atom. The van der Waals surface area contributed by atoms with Gasteiger partial charge in [-0.05, 0) is 61.3 Å². The Hall–Kier alpha value is -1.86. The summed E-state index contributed by atoms with van der Waals surface area (Å²) in [6.07, 6.45) is 3.70. The SMILES string of the molecule is CCOC(=O)c1c(NS(=O)(=O)c2ccc(C(C)(C)C)cc2)sc2c1CCCC2. The van der Waals surface area contributed by atoms with E-state index in [0.29, 0.717) is 10.6 Å². The highest BCUT2D eigenvalue weighted by Gasteiger charge is 2.29. The van der Waals surface area contributed by atoms with Crippen LogP contribution >= 0.6 is 11.3 Å². The fourth-order valence-corrected chi connectivity index (χ4v) is 5.95. The summed E-state index contributed by atoms with van der Waals surface area (Å²) in [5.74, 6) is -0.456. The lowest BCUT2D eigenvalue weighted by molar-refractivity contribution is 0.0526. The fourth-order valence-electron chi connectivity index (χ4n) is 3.37. The van der Waals surface area contributed by atoms with Crippen molar-refractivity contribution >= 4 is 32.3 Å². The van der Waals surface area contributed by atoms with Crippen LogP contribution in [0.3, 0.4) is 0 Å². The number of nitrogens with one attached hydrogen (secondary N) is 1. The van der Waals surface area contributed by atoms with E-state index < -0.39 is 16.0 Å². The topological polar surface area (TPSA) is 72.5 Å². The molecule has 1 N–H and O–H groups in total. The number of carbonyl (C=O) groups is 1. The molecule has 0 bridgehead atoms. The van der Waals surface area contributed by atoms with Crippen LogP contribution in [0.1, 0.15) is 66.9 Å². The molecule has 0 radical (unpaired) electrons. The number of anilines is 1. The summed E-state index contributed by atoms with van der Waals surface area (Å²) in [6.45, 7) is 8.24. The molecule has 1 heterocycles. The highest BCUT2D eigenvalue weighted by molar-refractivity contribution is 7.93. The van der Waals surface area contributed by atoms with Crippen LogP contribution in [0.4, 0.5) is 5.00 Å². The van der Waals surface area contributed by atoms with Gasteiger partial charge in [-0.1, -0.05) is 32.9 Å². The summed E-state index contributed by atoms with van der Waals surface area (Å²) in [4.78, 5) is 13.8. The maximum Gasteiger partial charge on any atom is 0.341 e. The lowest BCUT2D eigenvalue weighted by Crippen LogP contribution is -2.17. The molecule has 152 valence electrons. The van der Waals surface area contributed by atoms with Gasteiger partial charge in [-0.25, -0.2) is 13.2 Å². The second-order valence-electron chi connectivity index (χ2n) is 8.02. The normalized spacial score (nSPS) is 14.4. The summed E-state index contributed by atoms with van der Waals surface area (Å²) >= 11 is 1.35. The zero-order valence-electron chi connectivity index (χ0n) is 16.8. The van der Waals surface area contributed by atoms with Gasteiger partial charge in [0.05, 0.1) is 17.1 Å². The Bertz CT molecular complexity index is 967. The van der Waals surface area contributed by atoms with Gasteiger partial charge in [-0.3, -0.25) is 4.72 Å². The van der Waals surface area contributed by atoms with Crippen LogP contribution in [0.2, 0.25) is 0 Å². The van der Waals surface area contributed by atoms with Gasteiger partial charge in [0.25, 0.3) is 10.0 Å². The van der Waals surface area contributed by atoms with Crippen LogP contribution in [0.15, 0.2) is 29.2 Å². The summed E-state index contributed by atoms with van der Waals surface area (Å²) in [7, 11) is -3.79. The van der Waals surface area contributed by atoms with Gasteiger partial charge in [0.2, 0.25) is 0 Å². The molecule has 1 aliphatic rings. The van der Waals surface area contributed by atoms with E-state index in [-0.39, 0.29) is 16.9 Å². The lowest BCUT2D eigenvalue weighted by Gasteiger charge is -2.19. The van der Waals surface area contributed by atoms with E-state index >= 15 is 0 Å². The van der Waals surface area contributed by atoms with E-state index in [2.05, 4.69) is 25.5 Å². The molecule has 1 aromatic carbocycles. The van der Waals surface area contributed by atoms with Crippen LogP contribution in [0.5, 0.6) is 0 Å². The third kappa shape index (κ3) is 4.25. The average molecular weight is 422 g/mol. The molecule has 0 aliphatic heterocycles. The highest BCUT2D eigenvalue weighted by Crippen LogP contribution is 2.39. The van der Waals surface area contributed by atoms with Crippen molar-refractivity contribution in [1.82, 2.24) is 0 Å². The van der Waals surface area contributed by atoms with E-state index in [1.807, 2.05) is 12.1 Å². The maximum absolute atomic E-state index is 13.0. The van der Waals surface area contributed by atoms with Gasteiger partial charge in [0.1, 0.15) is 5.00 Å². The number of hydrogen-bond acceptors (Lipinski definition) is 5. The fraction of sp³-hybridized carbons (Fsp3) is 0.476. The molecule has 0 spiro atoms. The van der Waals surface area contributed by atoms with Gasteiger partial charge < -0.3 is 4.74 Å². The zero-order valence-corrected chi connectivity index (χ0v) is 18.4. The first-order valence-corrected chi connectivity index (χ1v) is 11.9. The molecule has 2 aromatic rings. The molecule has 0 saturated carbocycles. The summed E-state index contributed by atoms with van der Waals surface area (Å²) < 4.78 is 33.8. The van der Waals surface area contributed by atoms with Crippen molar-refractivity contribution in [2.45, 2.75) is 63.7 Å². The number of benzene rings is 1. The monoisotopic (exact) mass is 421 g/mol. The van der Waals surface area contributed by atoms with Crippen LogP contribution in [0, 0.1) is 0 Å². The Morgan fingerprint density at radius 1 is 1.14 bits per heavy atom. The molecule has 0 amide bonds. The highest BCUT2D eigenvalue weighted by atomic mass is 32.2. The van der Waals surface area contributed by atoms with E-state index in [0.717, 1.165) is 41.7 Å². The molecule has 0 atom stereocenters. The van der Waals surface area contributed by atoms with Crippen molar-refractivity contribution in [2.75, 3.05) is 11.3 Å². The predicted octanol–water partition coefficient (Wildman–Crippen LogP) is 4.90. The van der Waals surface area contributed by atoms with Crippen LogP contribution < -0.4 is 4.72 Å². The Kier molecular flexibility index (Phi) is 5.87. The Balaban J connectivity index is 1.96. The second-order valence-corrected chi connectivity index (χ2v) is 10.8. The van der Waals surface area contributed by atoms with Crippen molar-refractivity contribution in [3.05, 3.63) is 45.8 Å². The van der Waals surface area contributed by atoms with Gasteiger partial charge >= 0.3 is 5.97 Å². The molecular formula is C21H27NO4S2. The van der Waals surface area contributed by atoms with Crippen molar-refractivity contribution in [1.29, 1.82) is 0 Å². The van der Waals surface area contributed by atoms with Crippen LogP contribution in [-0.4, -0.2) is 21.0 Å². The first-order valence-electron chi connectivity index (χ1n) is 9.58. The first kappa shape index (κ1) is 20.9. The third-order valence-electron chi connectivity index (χ3n) is 4.91. The molecule has 0 unspecified atom stereocenters. The molecule has 28 heavy (non-hydrogen) atoms. The molecule has 7 heteroatoms. The van der Waals surface area contributed by atoms with E-state index in [4.69, 9.17) is 4.74 Å². The minimum atomic E-state index is -3.79. The van der Waals surface area contributed by atoms with E-state index in [1.54, 1.807) is 19.1 Å². The number of carbonyl (C=O) groups excluding carboxylic acids is 1. The number of ether oxygens (including phenoxy) is 1. The molecule has 0 saturated heterocycles. The second kappa shape index (κ2) is 7.87. The number of fused-ring (bicyclic) bond motifs is 1. The number of hydrogen-bond donors (Lipinski definition) is 1. The molecule has 0 fully saturated rings. The van der Waals surface area contributed by atoms with Crippen molar-refractivity contribution < 1.29 is 17.9 Å². The number of thiophene rings is 1. The van der Waals surface area contributed by atoms with Crippen molar-refractivity contribution in [2.24, 2.45) is 0 Å². The van der Waals surface area contributed by atoms with E-state index in [1.165, 1.54) is 11.3 Å². The average Bonchev–Trinajstić information content (AvgIpc) is 2.98. The number of aryl methyl sites for hydroxylation is 1.